The van der Waals surface area contributed by atoms with E-state index in [4.69, 9.17) is 4.42 Å². The highest BCUT2D eigenvalue weighted by molar-refractivity contribution is 7.01. The normalized spacial score (nSPS) is 23.2. The first-order valence-corrected chi connectivity index (χ1v) is 23.0. The molecule has 306 valence electrons. The van der Waals surface area contributed by atoms with Gasteiger partial charge in [-0.15, -0.1) is 0 Å². The first-order chi connectivity index (χ1) is 28.2. The number of nitrogens with zero attached hydrogens (tertiary/aromatic N) is 2. The summed E-state index contributed by atoms with van der Waals surface area (Å²) in [6.45, 7) is 29.2. The fourth-order valence-corrected chi connectivity index (χ4v) is 12.5. The highest BCUT2D eigenvalue weighted by atomic mass is 16.4. The van der Waals surface area contributed by atoms with Crippen LogP contribution in [-0.2, 0) is 27.1 Å². The number of furan rings is 1. The Bertz CT molecular complexity index is 2780. The first kappa shape index (κ1) is 38.2. The summed E-state index contributed by atoms with van der Waals surface area (Å²) in [4.78, 5) is 5.39. The highest BCUT2D eigenvalue weighted by Gasteiger charge is 2.62. The van der Waals surface area contributed by atoms with Crippen molar-refractivity contribution in [3.05, 3.63) is 119 Å². The maximum atomic E-state index is 7.51. The van der Waals surface area contributed by atoms with Crippen LogP contribution in [0, 0.1) is 0 Å². The van der Waals surface area contributed by atoms with Crippen LogP contribution in [0.15, 0.2) is 95.4 Å². The Morgan fingerprint density at radius 1 is 0.583 bits per heavy atom. The van der Waals surface area contributed by atoms with Gasteiger partial charge in [-0.1, -0.05) is 144 Å². The average molecular weight is 791 g/mol. The van der Waals surface area contributed by atoms with Crippen molar-refractivity contribution in [2.75, 3.05) is 9.80 Å². The molecular formula is C56H63BN2O. The molecule has 60 heavy (non-hydrogen) atoms. The average Bonchev–Trinajstić information content (AvgIpc) is 3.67. The number of anilines is 5. The van der Waals surface area contributed by atoms with Crippen molar-refractivity contribution in [3.63, 3.8) is 0 Å². The summed E-state index contributed by atoms with van der Waals surface area (Å²) in [5.74, 6) is 0.969. The molecule has 0 radical (unpaired) electrons. The molecule has 0 spiro atoms. The zero-order valence-electron chi connectivity index (χ0n) is 38.3. The summed E-state index contributed by atoms with van der Waals surface area (Å²) in [6, 6.07) is 35.8. The SMILES string of the molecule is CC(C)(C)c1ccc(N2c3cc(-c4ccccc4)cc4c3B(c3cc(C(C)(C)C)cc5c3N4C3(C)CCCCC53C)c3c2oc2cc4c(cc32)C(C)(C)CCC4(C)C)cc1. The number of fused-ring (bicyclic) bond motifs is 10. The van der Waals surface area contributed by atoms with E-state index in [1.807, 2.05) is 0 Å². The van der Waals surface area contributed by atoms with Gasteiger partial charge in [-0.05, 0) is 141 Å². The fraction of sp³-hybridized carbons (Fsp3) is 0.429. The van der Waals surface area contributed by atoms with E-state index in [2.05, 4.69) is 184 Å². The van der Waals surface area contributed by atoms with E-state index in [0.717, 1.165) is 17.2 Å². The second kappa shape index (κ2) is 12.0. The van der Waals surface area contributed by atoms with Gasteiger partial charge in [0.1, 0.15) is 5.58 Å². The molecule has 11 rings (SSSR count). The molecule has 5 aromatic carbocycles. The van der Waals surface area contributed by atoms with Crippen LogP contribution in [-0.4, -0.2) is 12.3 Å². The molecule has 1 saturated carbocycles. The Morgan fingerprint density at radius 3 is 1.88 bits per heavy atom. The molecule has 0 bridgehead atoms. The van der Waals surface area contributed by atoms with Gasteiger partial charge in [0.05, 0.1) is 5.54 Å². The third-order valence-corrected chi connectivity index (χ3v) is 16.6. The van der Waals surface area contributed by atoms with Gasteiger partial charge in [-0.2, -0.15) is 0 Å². The Balaban J connectivity index is 1.31. The van der Waals surface area contributed by atoms with Crippen molar-refractivity contribution in [1.82, 2.24) is 0 Å². The van der Waals surface area contributed by atoms with Crippen molar-refractivity contribution < 1.29 is 4.42 Å². The van der Waals surface area contributed by atoms with E-state index in [0.29, 0.717) is 0 Å². The van der Waals surface area contributed by atoms with Crippen molar-refractivity contribution >= 4 is 62.7 Å². The molecule has 0 N–H and O–H groups in total. The van der Waals surface area contributed by atoms with Gasteiger partial charge in [0.15, 0.2) is 0 Å². The quantitative estimate of drug-likeness (QED) is 0.163. The van der Waals surface area contributed by atoms with Gasteiger partial charge in [-0.3, -0.25) is 4.90 Å². The third-order valence-electron chi connectivity index (χ3n) is 16.6. The van der Waals surface area contributed by atoms with Gasteiger partial charge >= 0.3 is 0 Å². The summed E-state index contributed by atoms with van der Waals surface area (Å²) in [5, 5.41) is 1.27. The Hall–Kier alpha value is -4.70. The van der Waals surface area contributed by atoms with Crippen molar-refractivity contribution in [2.45, 2.75) is 154 Å². The maximum absolute atomic E-state index is 7.51. The molecule has 0 amide bonds. The zero-order valence-corrected chi connectivity index (χ0v) is 38.3. The van der Waals surface area contributed by atoms with Crippen LogP contribution in [0.4, 0.5) is 28.6 Å². The van der Waals surface area contributed by atoms with Crippen LogP contribution < -0.4 is 26.2 Å². The molecule has 6 aromatic rings. The lowest BCUT2D eigenvalue weighted by atomic mass is 9.33. The van der Waals surface area contributed by atoms with Gasteiger partial charge in [0.25, 0.3) is 6.71 Å². The van der Waals surface area contributed by atoms with Crippen LogP contribution in [0.25, 0.3) is 22.1 Å². The molecule has 2 atom stereocenters. The lowest BCUT2D eigenvalue weighted by Gasteiger charge is -2.52. The molecule has 3 aliphatic heterocycles. The van der Waals surface area contributed by atoms with Crippen LogP contribution in [0.1, 0.15) is 149 Å². The summed E-state index contributed by atoms with van der Waals surface area (Å²) < 4.78 is 7.51. The van der Waals surface area contributed by atoms with Gasteiger partial charge in [-0.25, -0.2) is 0 Å². The minimum Gasteiger partial charge on any atom is -0.440 e. The molecule has 3 nitrogen and oxygen atoms in total. The summed E-state index contributed by atoms with van der Waals surface area (Å²) in [6.07, 6.45) is 7.25. The molecule has 5 aliphatic rings. The fourth-order valence-electron chi connectivity index (χ4n) is 12.5. The van der Waals surface area contributed by atoms with E-state index in [-0.39, 0.29) is 39.3 Å². The lowest BCUT2D eigenvalue weighted by molar-refractivity contribution is 0.195. The molecular weight excluding hydrogens is 727 g/mol. The molecule has 2 aliphatic carbocycles. The van der Waals surface area contributed by atoms with Gasteiger partial charge in [0.2, 0.25) is 5.88 Å². The van der Waals surface area contributed by atoms with E-state index in [9.17, 15) is 0 Å². The predicted molar refractivity (Wildman–Crippen MR) is 256 cm³/mol. The second-order valence-corrected chi connectivity index (χ2v) is 23.2. The van der Waals surface area contributed by atoms with E-state index >= 15 is 0 Å². The number of rotatable bonds is 2. The van der Waals surface area contributed by atoms with E-state index in [1.54, 1.807) is 5.56 Å². The summed E-state index contributed by atoms with van der Waals surface area (Å²) in [7, 11) is 0. The van der Waals surface area contributed by atoms with Crippen LogP contribution >= 0.6 is 0 Å². The highest BCUT2D eigenvalue weighted by Crippen LogP contribution is 2.63. The number of benzene rings is 5. The second-order valence-electron chi connectivity index (χ2n) is 23.2. The molecule has 0 saturated heterocycles. The monoisotopic (exact) mass is 791 g/mol. The zero-order chi connectivity index (χ0) is 42.1. The lowest BCUT2D eigenvalue weighted by Crippen LogP contribution is -2.64. The predicted octanol–water partition coefficient (Wildman–Crippen LogP) is 13.4. The molecule has 1 fully saturated rings. The minimum absolute atomic E-state index is 0.00781. The van der Waals surface area contributed by atoms with Crippen molar-refractivity contribution in [2.24, 2.45) is 0 Å². The Kier molecular flexibility index (Phi) is 7.66. The molecule has 4 heteroatoms. The first-order valence-electron chi connectivity index (χ1n) is 23.0. The van der Waals surface area contributed by atoms with Crippen LogP contribution in [0.5, 0.6) is 0 Å². The third kappa shape index (κ3) is 5.03. The minimum atomic E-state index is -0.0699. The van der Waals surface area contributed by atoms with Gasteiger partial charge < -0.3 is 9.32 Å². The van der Waals surface area contributed by atoms with Crippen molar-refractivity contribution in [3.8, 4) is 11.1 Å². The maximum Gasteiger partial charge on any atom is 0.257 e. The molecule has 1 aromatic heterocycles. The Labute approximate surface area is 359 Å². The van der Waals surface area contributed by atoms with E-state index in [1.165, 1.54) is 111 Å². The number of hydrogen-bond acceptors (Lipinski definition) is 3. The summed E-state index contributed by atoms with van der Waals surface area (Å²) in [5.41, 5.74) is 20.3. The van der Waals surface area contributed by atoms with Gasteiger partial charge in [0, 0.05) is 39.0 Å². The topological polar surface area (TPSA) is 19.6 Å². The van der Waals surface area contributed by atoms with Crippen LogP contribution in [0.3, 0.4) is 0 Å². The van der Waals surface area contributed by atoms with Crippen molar-refractivity contribution in [1.29, 1.82) is 0 Å². The molecule has 2 unspecified atom stereocenters. The standard InChI is InChI=1S/C56H63BN2O/c1-51(2,3)36-20-22-38(23-21-36)58-44-28-35(34-18-14-13-15-19-34)29-45-48(44)57(47-39-32-40-41(33-46(39)60-50(47)58)54(9,10)27-26-53(40,7)8)43-31-37(52(4,5)6)30-42-49(43)59(45)56(12)25-17-16-24-55(42,56)11/h13-15,18-23,28-33H,16-17,24-27H2,1-12H3. The Morgan fingerprint density at radius 2 is 1.22 bits per heavy atom. The largest absolute Gasteiger partial charge is 0.440 e. The molecule has 4 heterocycles. The summed E-state index contributed by atoms with van der Waals surface area (Å²) >= 11 is 0. The number of hydrogen-bond donors (Lipinski definition) is 0. The van der Waals surface area contributed by atoms with Crippen LogP contribution in [0.2, 0.25) is 0 Å². The van der Waals surface area contributed by atoms with E-state index < -0.39 is 0 Å². The smallest absolute Gasteiger partial charge is 0.257 e.